The number of hydrogen-bond donors (Lipinski definition) is 1. The summed E-state index contributed by atoms with van der Waals surface area (Å²) >= 11 is 7.85. The Kier molecular flexibility index (Phi) is 5.40. The first-order chi connectivity index (χ1) is 13.4. The molecule has 0 unspecified atom stereocenters. The summed E-state index contributed by atoms with van der Waals surface area (Å²) in [5, 5.41) is 1.49. The summed E-state index contributed by atoms with van der Waals surface area (Å²) in [6, 6.07) is 5.82. The first-order valence-corrected chi connectivity index (χ1v) is 10.6. The van der Waals surface area contributed by atoms with E-state index in [9.17, 15) is 0 Å². The molecule has 0 aromatic carbocycles. The molecule has 3 aromatic heterocycles. The fraction of sp³-hybridized carbons (Fsp3) is 0.400. The molecule has 1 aliphatic rings. The Hall–Kier alpha value is -1.96. The molecule has 1 atom stereocenters. The Bertz CT molecular complexity index is 1010. The van der Waals surface area contributed by atoms with E-state index in [0.29, 0.717) is 10.7 Å². The molecule has 4 rings (SSSR count). The molecule has 28 heavy (non-hydrogen) atoms. The lowest BCUT2D eigenvalue weighted by Gasteiger charge is -2.24. The number of rotatable bonds is 3. The summed E-state index contributed by atoms with van der Waals surface area (Å²) in [5.74, 6) is 0.889. The Balaban J connectivity index is 1.57. The lowest BCUT2D eigenvalue weighted by atomic mass is 9.95. The maximum atomic E-state index is 6.35. The Morgan fingerprint density at radius 2 is 2.00 bits per heavy atom. The fourth-order valence-corrected chi connectivity index (χ4v) is 4.42. The van der Waals surface area contributed by atoms with E-state index in [2.05, 4.69) is 26.8 Å². The molecule has 4 heterocycles. The van der Waals surface area contributed by atoms with Crippen LogP contribution in [0.25, 0.3) is 11.2 Å². The Morgan fingerprint density at radius 1 is 1.14 bits per heavy atom. The maximum absolute atomic E-state index is 6.35. The highest BCUT2D eigenvalue weighted by atomic mass is 35.5. The van der Waals surface area contributed by atoms with Crippen LogP contribution in [0.3, 0.4) is 0 Å². The van der Waals surface area contributed by atoms with Gasteiger partial charge < -0.3 is 10.6 Å². The lowest BCUT2D eigenvalue weighted by molar-refractivity contribution is 0.421. The topological polar surface area (TPSA) is 80.8 Å². The predicted octanol–water partition coefficient (Wildman–Crippen LogP) is 4.24. The van der Waals surface area contributed by atoms with E-state index < -0.39 is 0 Å². The zero-order valence-electron chi connectivity index (χ0n) is 16.0. The summed E-state index contributed by atoms with van der Waals surface area (Å²) in [6.07, 6.45) is 6.61. The molecular weight excluding hydrogens is 392 g/mol. The van der Waals surface area contributed by atoms with E-state index in [0.717, 1.165) is 59.3 Å². The third kappa shape index (κ3) is 4.21. The molecule has 3 aromatic rings. The molecule has 2 N–H and O–H groups in total. The van der Waals surface area contributed by atoms with Crippen molar-refractivity contribution in [2.24, 2.45) is 5.73 Å². The molecule has 8 heteroatoms. The summed E-state index contributed by atoms with van der Waals surface area (Å²) in [6.45, 7) is 5.87. The van der Waals surface area contributed by atoms with E-state index >= 15 is 0 Å². The van der Waals surface area contributed by atoms with Crippen LogP contribution in [0.15, 0.2) is 40.5 Å². The van der Waals surface area contributed by atoms with Crippen LogP contribution >= 0.6 is 23.4 Å². The molecule has 146 valence electrons. The van der Waals surface area contributed by atoms with Crippen molar-refractivity contribution in [3.63, 3.8) is 0 Å². The molecule has 1 saturated heterocycles. The second kappa shape index (κ2) is 7.81. The number of anilines is 1. The van der Waals surface area contributed by atoms with Crippen molar-refractivity contribution in [1.29, 1.82) is 0 Å². The Morgan fingerprint density at radius 3 is 2.86 bits per heavy atom. The quantitative estimate of drug-likeness (QED) is 0.686. The van der Waals surface area contributed by atoms with Crippen LogP contribution in [0, 0.1) is 6.92 Å². The van der Waals surface area contributed by atoms with Crippen LogP contribution in [-0.4, -0.2) is 38.6 Å². The number of hydrogen-bond acceptors (Lipinski definition) is 7. The number of aryl methyl sites for hydroxylation is 1. The van der Waals surface area contributed by atoms with Gasteiger partial charge in [0, 0.05) is 29.7 Å². The van der Waals surface area contributed by atoms with Gasteiger partial charge in [0.05, 0.1) is 16.9 Å². The first kappa shape index (κ1) is 19.4. The van der Waals surface area contributed by atoms with Crippen LogP contribution in [0.2, 0.25) is 5.02 Å². The van der Waals surface area contributed by atoms with E-state index in [-0.39, 0.29) is 5.54 Å². The monoisotopic (exact) mass is 414 g/mol. The standard InChI is InChI=1S/C20H23ClN6S/c1-13-18(21)15(6-9-23-13)28-17-5-4-14-19(26-17)24-12-16(25-14)27-10-3-7-20(2,22)8-11-27/h4-6,9,12H,3,7-8,10-11,22H2,1-2H3/t20-/m1/s1. The van der Waals surface area contributed by atoms with E-state index in [1.54, 1.807) is 6.20 Å². The van der Waals surface area contributed by atoms with Gasteiger partial charge in [-0.3, -0.25) is 4.98 Å². The van der Waals surface area contributed by atoms with Gasteiger partial charge >= 0.3 is 0 Å². The molecular formula is C20H23ClN6S. The van der Waals surface area contributed by atoms with Crippen LogP contribution in [0.1, 0.15) is 31.9 Å². The second-order valence-electron chi connectivity index (χ2n) is 7.53. The Labute approximate surface area is 173 Å². The van der Waals surface area contributed by atoms with Gasteiger partial charge in [0.15, 0.2) is 5.65 Å². The molecule has 1 aliphatic heterocycles. The molecule has 0 saturated carbocycles. The lowest BCUT2D eigenvalue weighted by Crippen LogP contribution is -2.37. The minimum atomic E-state index is -0.0979. The molecule has 6 nitrogen and oxygen atoms in total. The average molecular weight is 415 g/mol. The van der Waals surface area contributed by atoms with Gasteiger partial charge in [-0.25, -0.2) is 15.0 Å². The second-order valence-corrected chi connectivity index (χ2v) is 8.97. The SMILES string of the molecule is Cc1nccc(Sc2ccc3nc(N4CCC[C@@](C)(N)CC4)cnc3n2)c1Cl. The average Bonchev–Trinajstić information content (AvgIpc) is 2.85. The summed E-state index contributed by atoms with van der Waals surface area (Å²) < 4.78 is 0. The van der Waals surface area contributed by atoms with Crippen molar-refractivity contribution in [3.8, 4) is 0 Å². The largest absolute Gasteiger partial charge is 0.355 e. The highest BCUT2D eigenvalue weighted by molar-refractivity contribution is 7.99. The molecule has 0 bridgehead atoms. The third-order valence-corrected chi connectivity index (χ3v) is 6.65. The number of aromatic nitrogens is 4. The zero-order chi connectivity index (χ0) is 19.7. The van der Waals surface area contributed by atoms with Gasteiger partial charge in [0.1, 0.15) is 16.4 Å². The normalized spacial score (nSPS) is 20.4. The number of nitrogens with two attached hydrogens (primary N) is 1. The van der Waals surface area contributed by atoms with Gasteiger partial charge in [0.25, 0.3) is 0 Å². The summed E-state index contributed by atoms with van der Waals surface area (Å²) in [4.78, 5) is 21.4. The fourth-order valence-electron chi connectivity index (χ4n) is 3.33. The van der Waals surface area contributed by atoms with Gasteiger partial charge in [-0.2, -0.15) is 0 Å². The van der Waals surface area contributed by atoms with Crippen molar-refractivity contribution >= 4 is 40.3 Å². The molecule has 1 fully saturated rings. The minimum absolute atomic E-state index is 0.0979. The predicted molar refractivity (Wildman–Crippen MR) is 114 cm³/mol. The van der Waals surface area contributed by atoms with Crippen molar-refractivity contribution < 1.29 is 0 Å². The number of halogens is 1. The number of fused-ring (bicyclic) bond motifs is 1. The third-order valence-electron chi connectivity index (χ3n) is 5.06. The van der Waals surface area contributed by atoms with Crippen molar-refractivity contribution in [2.75, 3.05) is 18.0 Å². The van der Waals surface area contributed by atoms with Gasteiger partial charge in [-0.15, -0.1) is 0 Å². The van der Waals surface area contributed by atoms with E-state index in [1.165, 1.54) is 11.8 Å². The highest BCUT2D eigenvalue weighted by Gasteiger charge is 2.24. The smallest absolute Gasteiger partial charge is 0.179 e. The summed E-state index contributed by atoms with van der Waals surface area (Å²) in [5.41, 5.74) is 8.45. The van der Waals surface area contributed by atoms with Crippen molar-refractivity contribution in [1.82, 2.24) is 19.9 Å². The van der Waals surface area contributed by atoms with Crippen LogP contribution in [0.5, 0.6) is 0 Å². The highest BCUT2D eigenvalue weighted by Crippen LogP contribution is 2.33. The number of pyridine rings is 2. The maximum Gasteiger partial charge on any atom is 0.179 e. The van der Waals surface area contributed by atoms with E-state index in [1.807, 2.05) is 31.3 Å². The van der Waals surface area contributed by atoms with Crippen LogP contribution in [0.4, 0.5) is 5.82 Å². The van der Waals surface area contributed by atoms with Crippen molar-refractivity contribution in [2.45, 2.75) is 48.6 Å². The van der Waals surface area contributed by atoms with Crippen LogP contribution < -0.4 is 10.6 Å². The zero-order valence-corrected chi connectivity index (χ0v) is 17.6. The number of nitrogens with zero attached hydrogens (tertiary/aromatic N) is 5. The summed E-state index contributed by atoms with van der Waals surface area (Å²) in [7, 11) is 0. The molecule has 0 spiro atoms. The molecule has 0 aliphatic carbocycles. The van der Waals surface area contributed by atoms with Gasteiger partial charge in [-0.05, 0) is 51.3 Å². The van der Waals surface area contributed by atoms with Crippen molar-refractivity contribution in [3.05, 3.63) is 41.3 Å². The molecule has 0 radical (unpaired) electrons. The minimum Gasteiger partial charge on any atom is -0.355 e. The van der Waals surface area contributed by atoms with Gasteiger partial charge in [-0.1, -0.05) is 23.4 Å². The van der Waals surface area contributed by atoms with E-state index in [4.69, 9.17) is 22.3 Å². The van der Waals surface area contributed by atoms with Crippen LogP contribution in [-0.2, 0) is 0 Å². The van der Waals surface area contributed by atoms with Gasteiger partial charge in [0.2, 0.25) is 0 Å². The first-order valence-electron chi connectivity index (χ1n) is 9.38. The molecule has 0 amide bonds.